The van der Waals surface area contributed by atoms with Gasteiger partial charge in [0.15, 0.2) is 0 Å². The molecule has 12 nitrogen and oxygen atoms in total. The van der Waals surface area contributed by atoms with Crippen LogP contribution in [-0.4, -0.2) is 28.2 Å². The maximum absolute atomic E-state index is 5.40. The Morgan fingerprint density at radius 3 is 0.830 bits per heavy atom. The van der Waals surface area contributed by atoms with Gasteiger partial charge in [0.05, 0.1) is 101 Å². The van der Waals surface area contributed by atoms with Gasteiger partial charge < -0.3 is 9.97 Å². The largest absolute Gasteiger partial charge is 2.00 e. The van der Waals surface area contributed by atoms with E-state index in [0.717, 1.165) is 90.4 Å². The molecular formula is C40H40MnN12+4. The molecular weight excluding hydrogens is 703 g/mol. The first-order valence-electron chi connectivity index (χ1n) is 17.2. The molecule has 8 bridgehead atoms. The molecule has 0 saturated carbocycles. The van der Waals surface area contributed by atoms with Crippen LogP contribution in [0.3, 0.4) is 0 Å². The molecule has 7 aromatic rings. The predicted molar refractivity (Wildman–Crippen MR) is 199 cm³/mol. The van der Waals surface area contributed by atoms with E-state index >= 15 is 0 Å². The third-order valence-corrected chi connectivity index (χ3v) is 10.2. The molecule has 0 N–H and O–H groups in total. The van der Waals surface area contributed by atoms with Crippen molar-refractivity contribution in [2.75, 3.05) is 0 Å². The van der Waals surface area contributed by atoms with Crippen molar-refractivity contribution in [3.05, 3.63) is 96.6 Å². The Labute approximate surface area is 317 Å². The summed E-state index contributed by atoms with van der Waals surface area (Å²) in [5.74, 6) is 3.96. The number of aryl methyl sites for hydroxylation is 8. The number of hydrogen-bond acceptors (Lipinski definition) is 2. The summed E-state index contributed by atoms with van der Waals surface area (Å²) < 4.78 is 17.0. The standard InChI is InChI=1S/C40H40N12.Mn/c1-45-17-18-46(2)37(45)33-25-9-11-27(41-25)34(38-47(3)19-20-48(38)4)29-13-15-31(43-29)36(40-51(7)23-24-52(40)8)32-16-14-30(44-32)35(28-12-10-26(33)42-28)39-49(5)21-22-50(39)6;/h9-24H,1-8H3;/q2*+2. The average molecular weight is 744 g/mol. The van der Waals surface area contributed by atoms with Crippen LogP contribution >= 0.6 is 0 Å². The Morgan fingerprint density at radius 1 is 0.415 bits per heavy atom. The van der Waals surface area contributed by atoms with E-state index in [1.165, 1.54) is 0 Å². The van der Waals surface area contributed by atoms with Crippen LogP contribution in [0.25, 0.3) is 91.9 Å². The fourth-order valence-electron chi connectivity index (χ4n) is 7.77. The summed E-state index contributed by atoms with van der Waals surface area (Å²) >= 11 is 0. The van der Waals surface area contributed by atoms with E-state index in [1.807, 2.05) is 0 Å². The van der Waals surface area contributed by atoms with Crippen LogP contribution in [0, 0.1) is 0 Å². The molecule has 9 rings (SSSR count). The third kappa shape index (κ3) is 5.26. The molecule has 2 aliphatic rings. The van der Waals surface area contributed by atoms with E-state index in [1.54, 1.807) is 0 Å². The Morgan fingerprint density at radius 2 is 0.642 bits per heavy atom. The molecule has 13 heteroatoms. The molecule has 0 aliphatic carbocycles. The van der Waals surface area contributed by atoms with Gasteiger partial charge in [-0.3, -0.25) is 0 Å². The second-order valence-corrected chi connectivity index (χ2v) is 13.7. The van der Waals surface area contributed by atoms with Crippen molar-refractivity contribution in [1.82, 2.24) is 38.2 Å². The Hall–Kier alpha value is -6.04. The van der Waals surface area contributed by atoms with Gasteiger partial charge in [-0.25, -0.2) is 46.5 Å². The van der Waals surface area contributed by atoms with E-state index in [9.17, 15) is 0 Å². The van der Waals surface area contributed by atoms with Crippen LogP contribution in [-0.2, 0) is 73.5 Å². The zero-order chi connectivity index (χ0) is 36.0. The zero-order valence-electron chi connectivity index (χ0n) is 31.0. The molecule has 1 radical (unpaired) electrons. The molecule has 2 aliphatic heterocycles. The minimum Gasteiger partial charge on any atom is -0.656 e. The van der Waals surface area contributed by atoms with Crippen molar-refractivity contribution in [2.45, 2.75) is 0 Å². The van der Waals surface area contributed by atoms with Gasteiger partial charge in [-0.1, -0.05) is 24.3 Å². The van der Waals surface area contributed by atoms with Crippen LogP contribution in [0.5, 0.6) is 0 Å². The number of hydrogen-bond donors (Lipinski definition) is 0. The molecule has 0 aromatic carbocycles. The summed E-state index contributed by atoms with van der Waals surface area (Å²) in [6, 6.07) is 8.41. The van der Waals surface area contributed by atoms with E-state index in [-0.39, 0.29) is 17.1 Å². The van der Waals surface area contributed by atoms with E-state index in [0.29, 0.717) is 0 Å². The van der Waals surface area contributed by atoms with Crippen molar-refractivity contribution < 1.29 is 35.3 Å². The van der Waals surface area contributed by atoms with Crippen LogP contribution in [0.1, 0.15) is 22.8 Å². The van der Waals surface area contributed by atoms with Gasteiger partial charge in [0.2, 0.25) is 0 Å². The first-order valence-corrected chi connectivity index (χ1v) is 17.2. The predicted octanol–water partition coefficient (Wildman–Crippen LogP) is 3.23. The fraction of sp³-hybridized carbons (Fsp3) is 0.200. The smallest absolute Gasteiger partial charge is 0.656 e. The topological polar surface area (TPSA) is 89.2 Å². The molecule has 263 valence electrons. The molecule has 0 unspecified atom stereocenters. The molecule has 0 atom stereocenters. The van der Waals surface area contributed by atoms with Gasteiger partial charge in [-0.2, -0.15) is 0 Å². The molecule has 7 aromatic heterocycles. The van der Waals surface area contributed by atoms with Crippen LogP contribution in [0.4, 0.5) is 0 Å². The summed E-state index contributed by atoms with van der Waals surface area (Å²) in [4.78, 5) is 21.6. The minimum atomic E-state index is 0. The summed E-state index contributed by atoms with van der Waals surface area (Å²) in [6.07, 6.45) is 24.9. The van der Waals surface area contributed by atoms with Crippen LogP contribution in [0.2, 0.25) is 0 Å². The van der Waals surface area contributed by atoms with Crippen molar-refractivity contribution in [3.63, 3.8) is 0 Å². The Kier molecular flexibility index (Phi) is 8.08. The van der Waals surface area contributed by atoms with Gasteiger partial charge in [0.1, 0.15) is 49.6 Å². The maximum Gasteiger partial charge on any atom is 2.00 e. The quantitative estimate of drug-likeness (QED) is 0.205. The van der Waals surface area contributed by atoms with Crippen molar-refractivity contribution in [2.24, 2.45) is 56.4 Å². The monoisotopic (exact) mass is 743 g/mol. The molecule has 0 saturated heterocycles. The molecule has 0 spiro atoms. The normalized spacial score (nSPS) is 12.2. The SMILES string of the molecule is Cn1cc[n+](C)c1-c1c2nc(c(-c3n(C)cc[n+]3C)c3ccc([n-]3)c(-c3n(C)cc[n+]3C)c3nc(c(-c4n(C)cc[n+]4C)c4ccc1[n-]4)C=C3)C=C2.[Mn+2]. The summed E-state index contributed by atoms with van der Waals surface area (Å²) in [5.41, 5.74) is 10.4. The number of fused-ring (bicyclic) bond motifs is 8. The van der Waals surface area contributed by atoms with Crippen LogP contribution < -0.4 is 28.2 Å². The molecule has 53 heavy (non-hydrogen) atoms. The number of imidazole rings is 4. The third-order valence-electron chi connectivity index (χ3n) is 10.2. The zero-order valence-corrected chi connectivity index (χ0v) is 32.2. The van der Waals surface area contributed by atoms with Crippen molar-refractivity contribution >= 4 is 46.4 Å². The van der Waals surface area contributed by atoms with Gasteiger partial charge in [0.25, 0.3) is 23.3 Å². The molecule has 0 amide bonds. The Bertz CT molecular complexity index is 2390. The van der Waals surface area contributed by atoms with Crippen LogP contribution in [0.15, 0.2) is 73.8 Å². The fourth-order valence-corrected chi connectivity index (χ4v) is 7.77. The summed E-state index contributed by atoms with van der Waals surface area (Å²) in [6.45, 7) is 0. The van der Waals surface area contributed by atoms with Gasteiger partial charge in [-0.05, 0) is 24.3 Å². The summed E-state index contributed by atoms with van der Waals surface area (Å²) in [5, 5.41) is 0. The number of aromatic nitrogens is 12. The van der Waals surface area contributed by atoms with Gasteiger partial charge in [0, 0.05) is 0 Å². The van der Waals surface area contributed by atoms with Gasteiger partial charge >= 0.3 is 17.1 Å². The number of rotatable bonds is 4. The van der Waals surface area contributed by atoms with Crippen molar-refractivity contribution in [1.29, 1.82) is 0 Å². The molecule has 0 fully saturated rings. The second-order valence-electron chi connectivity index (χ2n) is 13.7. The number of nitrogens with zero attached hydrogens (tertiary/aromatic N) is 12. The van der Waals surface area contributed by atoms with E-state index < -0.39 is 0 Å². The minimum absolute atomic E-state index is 0. The summed E-state index contributed by atoms with van der Waals surface area (Å²) in [7, 11) is 16.5. The average Bonchev–Trinajstić information content (AvgIpc) is 3.98. The van der Waals surface area contributed by atoms with E-state index in [4.69, 9.17) is 19.9 Å². The first kappa shape index (κ1) is 34.1. The first-order chi connectivity index (χ1) is 25.1. The Balaban J connectivity index is 0.00000400. The van der Waals surface area contributed by atoms with E-state index in [2.05, 4.69) is 191 Å². The second kappa shape index (κ2) is 12.6. The van der Waals surface area contributed by atoms with Crippen molar-refractivity contribution in [3.8, 4) is 45.6 Å². The molecule has 9 heterocycles. The maximum atomic E-state index is 5.40. The van der Waals surface area contributed by atoms with Gasteiger partial charge in [-0.15, -0.1) is 22.1 Å².